The van der Waals surface area contributed by atoms with Gasteiger partial charge in [0.05, 0.1) is 6.10 Å². The molecular weight excluding hydrogens is 150 g/mol. The first-order valence-electron chi connectivity index (χ1n) is 5.18. The standard InChI is InChI=1S/C5H11NO.C5H10/c7-5-1-3-6-4-2-5;1-5-3-2-4-5/h5-7H,1-4H2;5H,2-4H2,1H3. The van der Waals surface area contributed by atoms with Crippen LogP contribution in [0.2, 0.25) is 0 Å². The van der Waals surface area contributed by atoms with Gasteiger partial charge in [-0.15, -0.1) is 0 Å². The summed E-state index contributed by atoms with van der Waals surface area (Å²) in [5.41, 5.74) is 0. The third-order valence-corrected chi connectivity index (χ3v) is 2.70. The van der Waals surface area contributed by atoms with Crippen molar-refractivity contribution in [3.05, 3.63) is 0 Å². The van der Waals surface area contributed by atoms with Crippen molar-refractivity contribution in [2.24, 2.45) is 5.92 Å². The highest BCUT2D eigenvalue weighted by molar-refractivity contribution is 4.65. The Labute approximate surface area is 75.4 Å². The molecule has 0 aromatic heterocycles. The maximum Gasteiger partial charge on any atom is 0.0564 e. The van der Waals surface area contributed by atoms with E-state index in [0.29, 0.717) is 0 Å². The van der Waals surface area contributed by atoms with Crippen LogP contribution < -0.4 is 5.32 Å². The summed E-state index contributed by atoms with van der Waals surface area (Å²) in [5.74, 6) is 1.06. The fraction of sp³-hybridized carbons (Fsp3) is 1.00. The minimum absolute atomic E-state index is 0.0266. The Bertz CT molecular complexity index is 106. The summed E-state index contributed by atoms with van der Waals surface area (Å²) in [6.07, 6.45) is 6.29. The van der Waals surface area contributed by atoms with Crippen LogP contribution in [0.25, 0.3) is 0 Å². The lowest BCUT2D eigenvalue weighted by atomic mass is 9.88. The van der Waals surface area contributed by atoms with Crippen molar-refractivity contribution in [2.45, 2.75) is 45.1 Å². The lowest BCUT2D eigenvalue weighted by Gasteiger charge is -2.18. The molecule has 1 heterocycles. The van der Waals surface area contributed by atoms with Crippen LogP contribution in [-0.2, 0) is 0 Å². The number of piperidine rings is 1. The van der Waals surface area contributed by atoms with Gasteiger partial charge in [0.1, 0.15) is 0 Å². The third kappa shape index (κ3) is 4.07. The molecule has 0 atom stereocenters. The zero-order valence-electron chi connectivity index (χ0n) is 8.05. The fourth-order valence-corrected chi connectivity index (χ4v) is 1.42. The molecule has 1 aliphatic heterocycles. The monoisotopic (exact) mass is 171 g/mol. The highest BCUT2D eigenvalue weighted by Gasteiger charge is 2.09. The van der Waals surface area contributed by atoms with Crippen molar-refractivity contribution in [1.29, 1.82) is 0 Å². The predicted molar refractivity (Wildman–Crippen MR) is 51.1 cm³/mol. The highest BCUT2D eigenvalue weighted by Crippen LogP contribution is 2.24. The molecule has 0 amide bonds. The van der Waals surface area contributed by atoms with Gasteiger partial charge >= 0.3 is 0 Å². The molecule has 2 rings (SSSR count). The largest absolute Gasteiger partial charge is 0.393 e. The summed E-state index contributed by atoms with van der Waals surface area (Å²) in [5, 5.41) is 12.0. The molecular formula is C10H21NO. The normalized spacial score (nSPS) is 25.5. The Kier molecular flexibility index (Phi) is 4.62. The van der Waals surface area contributed by atoms with Gasteiger partial charge in [0.25, 0.3) is 0 Å². The van der Waals surface area contributed by atoms with E-state index in [1.54, 1.807) is 0 Å². The zero-order valence-corrected chi connectivity index (χ0v) is 8.05. The molecule has 12 heavy (non-hydrogen) atoms. The van der Waals surface area contributed by atoms with Gasteiger partial charge in [0.15, 0.2) is 0 Å². The summed E-state index contributed by atoms with van der Waals surface area (Å²) in [6.45, 7) is 4.28. The highest BCUT2D eigenvalue weighted by atomic mass is 16.3. The average Bonchev–Trinajstić information content (AvgIpc) is 2.04. The SMILES string of the molecule is CC1CCC1.OC1CCNCC1. The second-order valence-electron chi connectivity index (χ2n) is 4.02. The average molecular weight is 171 g/mol. The molecule has 72 valence electrons. The van der Waals surface area contributed by atoms with E-state index in [2.05, 4.69) is 12.2 Å². The summed E-state index contributed by atoms with van der Waals surface area (Å²) < 4.78 is 0. The van der Waals surface area contributed by atoms with Crippen molar-refractivity contribution < 1.29 is 5.11 Å². The van der Waals surface area contributed by atoms with Crippen LogP contribution in [-0.4, -0.2) is 24.3 Å². The summed E-state index contributed by atoms with van der Waals surface area (Å²) >= 11 is 0. The Morgan fingerprint density at radius 3 is 1.75 bits per heavy atom. The maximum absolute atomic E-state index is 8.87. The molecule has 0 radical (unpaired) electrons. The number of aliphatic hydroxyl groups excluding tert-OH is 1. The van der Waals surface area contributed by atoms with Crippen molar-refractivity contribution in [1.82, 2.24) is 5.32 Å². The molecule has 2 N–H and O–H groups in total. The lowest BCUT2D eigenvalue weighted by Crippen LogP contribution is -2.30. The Morgan fingerprint density at radius 1 is 1.08 bits per heavy atom. The molecule has 2 aliphatic rings. The van der Waals surface area contributed by atoms with Crippen molar-refractivity contribution in [3.8, 4) is 0 Å². The van der Waals surface area contributed by atoms with Gasteiger partial charge in [0, 0.05) is 0 Å². The quantitative estimate of drug-likeness (QED) is 0.579. The molecule has 1 saturated carbocycles. The molecule has 2 fully saturated rings. The van der Waals surface area contributed by atoms with Crippen LogP contribution in [0, 0.1) is 5.92 Å². The van der Waals surface area contributed by atoms with Gasteiger partial charge in [-0.1, -0.05) is 26.2 Å². The van der Waals surface area contributed by atoms with E-state index in [4.69, 9.17) is 5.11 Å². The summed E-state index contributed by atoms with van der Waals surface area (Å²) in [6, 6.07) is 0. The van der Waals surface area contributed by atoms with Gasteiger partial charge in [-0.3, -0.25) is 0 Å². The van der Waals surface area contributed by atoms with Gasteiger partial charge in [-0.2, -0.15) is 0 Å². The fourth-order valence-electron chi connectivity index (χ4n) is 1.42. The first-order valence-corrected chi connectivity index (χ1v) is 5.18. The summed E-state index contributed by atoms with van der Waals surface area (Å²) in [4.78, 5) is 0. The maximum atomic E-state index is 8.87. The van der Waals surface area contributed by atoms with E-state index in [0.717, 1.165) is 31.8 Å². The minimum atomic E-state index is -0.0266. The zero-order chi connectivity index (χ0) is 8.81. The van der Waals surface area contributed by atoms with E-state index in [-0.39, 0.29) is 6.10 Å². The van der Waals surface area contributed by atoms with Crippen molar-refractivity contribution >= 4 is 0 Å². The molecule has 0 unspecified atom stereocenters. The molecule has 2 heteroatoms. The van der Waals surface area contributed by atoms with Crippen LogP contribution in [0.4, 0.5) is 0 Å². The van der Waals surface area contributed by atoms with Gasteiger partial charge in [-0.25, -0.2) is 0 Å². The van der Waals surface area contributed by atoms with Crippen molar-refractivity contribution in [3.63, 3.8) is 0 Å². The first kappa shape index (κ1) is 10.0. The Balaban J connectivity index is 0.000000127. The molecule has 0 aromatic rings. The van der Waals surface area contributed by atoms with Crippen LogP contribution in [0.1, 0.15) is 39.0 Å². The molecule has 1 aliphatic carbocycles. The number of rotatable bonds is 0. The molecule has 0 spiro atoms. The van der Waals surface area contributed by atoms with E-state index >= 15 is 0 Å². The Morgan fingerprint density at radius 2 is 1.58 bits per heavy atom. The number of nitrogens with one attached hydrogen (secondary N) is 1. The second-order valence-corrected chi connectivity index (χ2v) is 4.02. The number of hydrogen-bond acceptors (Lipinski definition) is 2. The Hall–Kier alpha value is -0.0800. The van der Waals surface area contributed by atoms with Gasteiger partial charge in [-0.05, 0) is 31.8 Å². The van der Waals surface area contributed by atoms with Gasteiger partial charge in [0.2, 0.25) is 0 Å². The number of hydrogen-bond donors (Lipinski definition) is 2. The van der Waals surface area contributed by atoms with Crippen LogP contribution in [0.3, 0.4) is 0 Å². The summed E-state index contributed by atoms with van der Waals surface area (Å²) in [7, 11) is 0. The van der Waals surface area contributed by atoms with Crippen molar-refractivity contribution in [2.75, 3.05) is 13.1 Å². The second kappa shape index (κ2) is 5.55. The first-order chi connectivity index (χ1) is 5.79. The van der Waals surface area contributed by atoms with Gasteiger partial charge < -0.3 is 10.4 Å². The van der Waals surface area contributed by atoms with E-state index in [1.807, 2.05) is 0 Å². The van der Waals surface area contributed by atoms with Crippen LogP contribution in [0.5, 0.6) is 0 Å². The van der Waals surface area contributed by atoms with E-state index < -0.39 is 0 Å². The smallest absolute Gasteiger partial charge is 0.0564 e. The lowest BCUT2D eigenvalue weighted by molar-refractivity contribution is 0.137. The molecule has 0 aromatic carbocycles. The molecule has 2 nitrogen and oxygen atoms in total. The topological polar surface area (TPSA) is 32.3 Å². The van der Waals surface area contributed by atoms with Crippen LogP contribution >= 0.6 is 0 Å². The minimum Gasteiger partial charge on any atom is -0.393 e. The van der Waals surface area contributed by atoms with Crippen LogP contribution in [0.15, 0.2) is 0 Å². The predicted octanol–water partition coefficient (Wildman–Crippen LogP) is 1.54. The third-order valence-electron chi connectivity index (χ3n) is 2.70. The van der Waals surface area contributed by atoms with E-state index in [1.165, 1.54) is 19.3 Å². The molecule has 0 bridgehead atoms. The number of aliphatic hydroxyl groups is 1. The molecule has 1 saturated heterocycles. The van der Waals surface area contributed by atoms with E-state index in [9.17, 15) is 0 Å².